The highest BCUT2D eigenvalue weighted by molar-refractivity contribution is 7.89. The van der Waals surface area contributed by atoms with Crippen molar-refractivity contribution in [1.29, 1.82) is 0 Å². The van der Waals surface area contributed by atoms with E-state index in [-0.39, 0.29) is 12.5 Å². The minimum Gasteiger partial charge on any atom is -0.365 e. The molecule has 1 aliphatic rings. The molecule has 1 amide bonds. The van der Waals surface area contributed by atoms with Gasteiger partial charge in [0.05, 0.1) is 11.4 Å². The number of carbonyl (C=O) groups is 1. The number of anilines is 1. The third kappa shape index (κ3) is 4.62. The number of piperazine rings is 1. The highest BCUT2D eigenvalue weighted by Crippen LogP contribution is 2.26. The van der Waals surface area contributed by atoms with E-state index in [9.17, 15) is 13.2 Å². The average molecular weight is 416 g/mol. The lowest BCUT2D eigenvalue weighted by molar-refractivity contribution is -0.130. The smallest absolute Gasteiger partial charge is 0.243 e. The summed E-state index contributed by atoms with van der Waals surface area (Å²) in [5, 5.41) is 0. The fraction of sp³-hybridized carbons (Fsp3) is 0.409. The van der Waals surface area contributed by atoms with Gasteiger partial charge < -0.3 is 9.80 Å². The van der Waals surface area contributed by atoms with E-state index in [2.05, 4.69) is 0 Å². The number of hydrogen-bond donors (Lipinski definition) is 0. The normalized spacial score (nSPS) is 15.4. The maximum atomic E-state index is 13.2. The molecule has 2 aromatic carbocycles. The van der Waals surface area contributed by atoms with E-state index < -0.39 is 10.0 Å². The molecule has 0 spiro atoms. The topological polar surface area (TPSA) is 60.9 Å². The van der Waals surface area contributed by atoms with Crippen LogP contribution in [0.5, 0.6) is 0 Å². The van der Waals surface area contributed by atoms with Crippen LogP contribution in [0.3, 0.4) is 0 Å². The Morgan fingerprint density at radius 3 is 2.07 bits per heavy atom. The Morgan fingerprint density at radius 2 is 1.52 bits per heavy atom. The molecule has 29 heavy (non-hydrogen) atoms. The Morgan fingerprint density at radius 1 is 0.966 bits per heavy atom. The molecule has 0 aliphatic carbocycles. The van der Waals surface area contributed by atoms with Crippen LogP contribution in [0, 0.1) is 20.8 Å². The van der Waals surface area contributed by atoms with E-state index in [1.807, 2.05) is 75.2 Å². The second kappa shape index (κ2) is 8.55. The Labute approximate surface area is 173 Å². The lowest BCUT2D eigenvalue weighted by Crippen LogP contribution is -2.52. The van der Waals surface area contributed by atoms with Gasteiger partial charge in [-0.2, -0.15) is 4.31 Å². The lowest BCUT2D eigenvalue weighted by atomic mass is 10.1. The quantitative estimate of drug-likeness (QED) is 0.753. The van der Waals surface area contributed by atoms with Crippen molar-refractivity contribution < 1.29 is 13.2 Å². The predicted molar refractivity (Wildman–Crippen MR) is 116 cm³/mol. The Balaban J connectivity index is 1.65. The zero-order valence-electron chi connectivity index (χ0n) is 17.6. The zero-order valence-corrected chi connectivity index (χ0v) is 18.4. The van der Waals surface area contributed by atoms with E-state index >= 15 is 0 Å². The van der Waals surface area contributed by atoms with Crippen LogP contribution in [0.25, 0.3) is 0 Å². The molecule has 156 valence electrons. The molecule has 0 bridgehead atoms. The molecule has 1 fully saturated rings. The fourth-order valence-corrected chi connectivity index (χ4v) is 5.79. The molecule has 0 unspecified atom stereocenters. The molecule has 1 aliphatic heterocycles. The number of para-hydroxylation sites is 1. The number of hydrogen-bond acceptors (Lipinski definition) is 4. The van der Waals surface area contributed by atoms with E-state index in [4.69, 9.17) is 0 Å². The molecular weight excluding hydrogens is 386 g/mol. The first-order chi connectivity index (χ1) is 13.7. The molecular formula is C22H29N3O3S. The summed E-state index contributed by atoms with van der Waals surface area (Å²) < 4.78 is 27.9. The third-order valence-corrected chi connectivity index (χ3v) is 7.57. The number of rotatable bonds is 5. The van der Waals surface area contributed by atoms with Crippen molar-refractivity contribution in [3.63, 3.8) is 0 Å². The summed E-state index contributed by atoms with van der Waals surface area (Å²) in [5.74, 6) is 0.0103. The number of aryl methyl sites for hydroxylation is 3. The standard InChI is InChI=1S/C22H29N3O3S/c1-17-14-18(2)22(19(3)15-17)29(27,28)25-12-10-24(11-13-25)21(26)16-23(4)20-8-6-5-7-9-20/h5-9,14-15H,10-13,16H2,1-4H3. The van der Waals surface area contributed by atoms with Crippen molar-refractivity contribution in [2.45, 2.75) is 25.7 Å². The van der Waals surface area contributed by atoms with E-state index in [1.54, 1.807) is 4.90 Å². The lowest BCUT2D eigenvalue weighted by Gasteiger charge is -2.35. The van der Waals surface area contributed by atoms with Crippen LogP contribution < -0.4 is 4.90 Å². The molecule has 0 radical (unpaired) electrons. The predicted octanol–water partition coefficient (Wildman–Crippen LogP) is 2.58. The highest BCUT2D eigenvalue weighted by atomic mass is 32.2. The van der Waals surface area contributed by atoms with Gasteiger partial charge in [0.15, 0.2) is 0 Å². The van der Waals surface area contributed by atoms with Crippen molar-refractivity contribution in [2.24, 2.45) is 0 Å². The van der Waals surface area contributed by atoms with Gasteiger partial charge in [0.1, 0.15) is 0 Å². The summed E-state index contributed by atoms with van der Waals surface area (Å²) in [4.78, 5) is 16.7. The van der Waals surface area contributed by atoms with Gasteiger partial charge in [-0.15, -0.1) is 0 Å². The second-order valence-electron chi connectivity index (χ2n) is 7.70. The molecule has 2 aromatic rings. The second-order valence-corrected chi connectivity index (χ2v) is 9.58. The third-order valence-electron chi connectivity index (χ3n) is 5.36. The number of amides is 1. The van der Waals surface area contributed by atoms with Gasteiger partial charge in [-0.3, -0.25) is 4.79 Å². The van der Waals surface area contributed by atoms with Gasteiger partial charge in [0.25, 0.3) is 0 Å². The van der Waals surface area contributed by atoms with Crippen LogP contribution in [0.4, 0.5) is 5.69 Å². The molecule has 0 N–H and O–H groups in total. The Hall–Kier alpha value is -2.38. The Kier molecular flexibility index (Phi) is 6.29. The van der Waals surface area contributed by atoms with E-state index in [1.165, 1.54) is 4.31 Å². The maximum absolute atomic E-state index is 13.2. The zero-order chi connectivity index (χ0) is 21.2. The number of likely N-dealkylation sites (N-methyl/N-ethyl adjacent to an activating group) is 1. The van der Waals surface area contributed by atoms with Crippen molar-refractivity contribution in [2.75, 3.05) is 44.7 Å². The summed E-state index contributed by atoms with van der Waals surface area (Å²) in [5.41, 5.74) is 3.57. The van der Waals surface area contributed by atoms with Crippen molar-refractivity contribution >= 4 is 21.6 Å². The molecule has 0 aromatic heterocycles. The van der Waals surface area contributed by atoms with E-state index in [0.29, 0.717) is 31.1 Å². The van der Waals surface area contributed by atoms with Crippen LogP contribution in [-0.4, -0.2) is 63.3 Å². The van der Waals surface area contributed by atoms with Gasteiger partial charge in [0.2, 0.25) is 15.9 Å². The minimum atomic E-state index is -3.57. The summed E-state index contributed by atoms with van der Waals surface area (Å²) >= 11 is 0. The first kappa shape index (κ1) is 21.3. The average Bonchev–Trinajstić information content (AvgIpc) is 2.67. The van der Waals surface area contributed by atoms with Gasteiger partial charge in [-0.25, -0.2) is 8.42 Å². The number of benzene rings is 2. The molecule has 1 saturated heterocycles. The summed E-state index contributed by atoms with van der Waals surface area (Å²) in [6, 6.07) is 13.5. The van der Waals surface area contributed by atoms with Crippen LogP contribution in [0.15, 0.2) is 47.4 Å². The Bertz CT molecular complexity index is 959. The maximum Gasteiger partial charge on any atom is 0.243 e. The van der Waals surface area contributed by atoms with Crippen LogP contribution in [0.2, 0.25) is 0 Å². The molecule has 6 nitrogen and oxygen atoms in total. The monoisotopic (exact) mass is 415 g/mol. The first-order valence-electron chi connectivity index (χ1n) is 9.82. The molecule has 7 heteroatoms. The van der Waals surface area contributed by atoms with Gasteiger partial charge >= 0.3 is 0 Å². The summed E-state index contributed by atoms with van der Waals surface area (Å²) in [6.07, 6.45) is 0. The van der Waals surface area contributed by atoms with Crippen LogP contribution in [0.1, 0.15) is 16.7 Å². The SMILES string of the molecule is Cc1cc(C)c(S(=O)(=O)N2CCN(C(=O)CN(C)c3ccccc3)CC2)c(C)c1. The van der Waals surface area contributed by atoms with Gasteiger partial charge in [-0.1, -0.05) is 35.9 Å². The molecule has 0 atom stereocenters. The largest absolute Gasteiger partial charge is 0.365 e. The van der Waals surface area contributed by atoms with Crippen molar-refractivity contribution in [1.82, 2.24) is 9.21 Å². The van der Waals surface area contributed by atoms with Crippen molar-refractivity contribution in [3.05, 3.63) is 59.2 Å². The summed E-state index contributed by atoms with van der Waals surface area (Å²) in [7, 11) is -1.68. The molecule has 3 rings (SSSR count). The number of nitrogens with zero attached hydrogens (tertiary/aromatic N) is 3. The van der Waals surface area contributed by atoms with Crippen LogP contribution in [-0.2, 0) is 14.8 Å². The number of carbonyl (C=O) groups excluding carboxylic acids is 1. The fourth-order valence-electron chi connectivity index (χ4n) is 3.96. The van der Waals surface area contributed by atoms with E-state index in [0.717, 1.165) is 22.4 Å². The first-order valence-corrected chi connectivity index (χ1v) is 11.3. The van der Waals surface area contributed by atoms with Gasteiger partial charge in [-0.05, 0) is 44.0 Å². The minimum absolute atomic E-state index is 0.0103. The van der Waals surface area contributed by atoms with Gasteiger partial charge in [0, 0.05) is 38.9 Å². The highest BCUT2D eigenvalue weighted by Gasteiger charge is 2.32. The number of sulfonamides is 1. The summed E-state index contributed by atoms with van der Waals surface area (Å²) in [6.45, 7) is 7.36. The van der Waals surface area contributed by atoms with Crippen LogP contribution >= 0.6 is 0 Å². The molecule has 1 heterocycles. The van der Waals surface area contributed by atoms with Crippen molar-refractivity contribution in [3.8, 4) is 0 Å². The molecule has 0 saturated carbocycles.